The Labute approximate surface area is 232 Å². The molecule has 188 valence electrons. The molecule has 2 aromatic heterocycles. The van der Waals surface area contributed by atoms with Crippen LogP contribution in [0, 0.1) is 0 Å². The molecule has 0 saturated heterocycles. The van der Waals surface area contributed by atoms with Crippen LogP contribution in [0.2, 0.25) is 0 Å². The van der Waals surface area contributed by atoms with Crippen molar-refractivity contribution in [3.8, 4) is 39.5 Å². The molecular formula is C38H25NO. The fourth-order valence-corrected chi connectivity index (χ4v) is 6.10. The molecule has 0 aliphatic rings. The van der Waals surface area contributed by atoms with Gasteiger partial charge in [-0.3, -0.25) is 0 Å². The molecule has 2 nitrogen and oxygen atoms in total. The van der Waals surface area contributed by atoms with Crippen LogP contribution in [0.5, 0.6) is 0 Å². The Balaban J connectivity index is 1.49. The van der Waals surface area contributed by atoms with Gasteiger partial charge in [0.05, 0.1) is 16.7 Å². The first kappa shape index (κ1) is 22.6. The molecule has 0 aliphatic carbocycles. The number of rotatable bonds is 4. The van der Waals surface area contributed by atoms with Crippen LogP contribution in [-0.4, -0.2) is 4.57 Å². The molecule has 0 atom stereocenters. The number of aromatic nitrogens is 1. The highest BCUT2D eigenvalue weighted by molar-refractivity contribution is 6.11. The van der Waals surface area contributed by atoms with Crippen molar-refractivity contribution in [2.45, 2.75) is 0 Å². The van der Waals surface area contributed by atoms with Gasteiger partial charge in [-0.05, 0) is 23.8 Å². The Hall–Kier alpha value is -5.34. The first-order valence-corrected chi connectivity index (χ1v) is 13.6. The predicted octanol–water partition coefficient (Wildman–Crippen LogP) is 10.5. The summed E-state index contributed by atoms with van der Waals surface area (Å²) in [4.78, 5) is 0. The minimum absolute atomic E-state index is 0.885. The van der Waals surface area contributed by atoms with Crippen molar-refractivity contribution in [3.63, 3.8) is 0 Å². The van der Waals surface area contributed by atoms with Crippen LogP contribution in [0.4, 0.5) is 0 Å². The SMILES string of the molecule is c1ccc(-c2c(-c3oc(-c4ccccc4)c4ccccc34)cccc2-n2c3ccccc3c3ccccc32)cc1. The average molecular weight is 512 g/mol. The molecule has 0 unspecified atom stereocenters. The number of benzene rings is 6. The van der Waals surface area contributed by atoms with Gasteiger partial charge in [-0.1, -0.05) is 133 Å². The van der Waals surface area contributed by atoms with E-state index in [1.807, 2.05) is 6.07 Å². The van der Waals surface area contributed by atoms with Gasteiger partial charge in [-0.2, -0.15) is 0 Å². The third kappa shape index (κ3) is 3.43. The summed E-state index contributed by atoms with van der Waals surface area (Å²) >= 11 is 0. The quantitative estimate of drug-likeness (QED) is 0.230. The van der Waals surface area contributed by atoms with Gasteiger partial charge in [0.2, 0.25) is 0 Å². The minimum Gasteiger partial charge on any atom is -0.455 e. The van der Waals surface area contributed by atoms with Crippen molar-refractivity contribution in [1.29, 1.82) is 0 Å². The molecule has 2 heterocycles. The molecule has 0 aliphatic heterocycles. The largest absolute Gasteiger partial charge is 0.455 e. The van der Waals surface area contributed by atoms with Gasteiger partial charge in [0, 0.05) is 38.2 Å². The maximum absolute atomic E-state index is 6.84. The molecule has 0 radical (unpaired) electrons. The summed E-state index contributed by atoms with van der Waals surface area (Å²) in [7, 11) is 0. The number of hydrogen-bond acceptors (Lipinski definition) is 1. The second-order valence-electron chi connectivity index (χ2n) is 10.1. The molecule has 0 fully saturated rings. The lowest BCUT2D eigenvalue weighted by molar-refractivity contribution is 0.602. The van der Waals surface area contributed by atoms with E-state index in [1.165, 1.54) is 21.8 Å². The summed E-state index contributed by atoms with van der Waals surface area (Å²) in [6.45, 7) is 0. The highest BCUT2D eigenvalue weighted by atomic mass is 16.3. The molecule has 2 heteroatoms. The molecule has 0 saturated carbocycles. The number of para-hydroxylation sites is 2. The first-order chi connectivity index (χ1) is 19.9. The van der Waals surface area contributed by atoms with Gasteiger partial charge in [-0.25, -0.2) is 0 Å². The zero-order valence-electron chi connectivity index (χ0n) is 21.8. The third-order valence-corrected chi connectivity index (χ3v) is 7.83. The third-order valence-electron chi connectivity index (χ3n) is 7.83. The van der Waals surface area contributed by atoms with Crippen molar-refractivity contribution in [1.82, 2.24) is 4.57 Å². The highest BCUT2D eigenvalue weighted by Gasteiger charge is 2.23. The highest BCUT2D eigenvalue weighted by Crippen LogP contribution is 2.45. The van der Waals surface area contributed by atoms with Crippen LogP contribution in [-0.2, 0) is 0 Å². The Morgan fingerprint density at radius 3 is 1.50 bits per heavy atom. The monoisotopic (exact) mass is 511 g/mol. The fraction of sp³-hybridized carbons (Fsp3) is 0. The van der Waals surface area contributed by atoms with Gasteiger partial charge in [-0.15, -0.1) is 0 Å². The summed E-state index contributed by atoms with van der Waals surface area (Å²) in [6.07, 6.45) is 0. The summed E-state index contributed by atoms with van der Waals surface area (Å²) in [5, 5.41) is 4.72. The minimum atomic E-state index is 0.885. The van der Waals surface area contributed by atoms with Gasteiger partial charge < -0.3 is 8.98 Å². The van der Waals surface area contributed by atoms with E-state index < -0.39 is 0 Å². The van der Waals surface area contributed by atoms with E-state index in [-0.39, 0.29) is 0 Å². The number of hydrogen-bond donors (Lipinski definition) is 0. The van der Waals surface area contributed by atoms with E-state index in [2.05, 4.69) is 150 Å². The van der Waals surface area contributed by atoms with Crippen molar-refractivity contribution in [3.05, 3.63) is 152 Å². The lowest BCUT2D eigenvalue weighted by Crippen LogP contribution is -1.99. The number of fused-ring (bicyclic) bond motifs is 4. The second kappa shape index (κ2) is 9.14. The van der Waals surface area contributed by atoms with Crippen LogP contribution in [0.15, 0.2) is 156 Å². The maximum Gasteiger partial charge on any atom is 0.143 e. The Morgan fingerprint density at radius 1 is 0.375 bits per heavy atom. The van der Waals surface area contributed by atoms with Crippen LogP contribution in [0.3, 0.4) is 0 Å². The van der Waals surface area contributed by atoms with E-state index in [4.69, 9.17) is 4.42 Å². The summed E-state index contributed by atoms with van der Waals surface area (Å²) < 4.78 is 9.24. The zero-order chi connectivity index (χ0) is 26.5. The van der Waals surface area contributed by atoms with E-state index in [0.29, 0.717) is 0 Å². The van der Waals surface area contributed by atoms with Crippen molar-refractivity contribution >= 4 is 32.6 Å². The van der Waals surface area contributed by atoms with Crippen molar-refractivity contribution in [2.75, 3.05) is 0 Å². The molecule has 0 bridgehead atoms. The molecule has 8 rings (SSSR count). The molecule has 6 aromatic carbocycles. The smallest absolute Gasteiger partial charge is 0.143 e. The lowest BCUT2D eigenvalue weighted by Gasteiger charge is -2.17. The van der Waals surface area contributed by atoms with Gasteiger partial charge in [0.15, 0.2) is 0 Å². The van der Waals surface area contributed by atoms with E-state index in [9.17, 15) is 0 Å². The first-order valence-electron chi connectivity index (χ1n) is 13.6. The van der Waals surface area contributed by atoms with Crippen LogP contribution < -0.4 is 0 Å². The second-order valence-corrected chi connectivity index (χ2v) is 10.1. The molecule has 8 aromatic rings. The summed E-state index contributed by atoms with van der Waals surface area (Å²) in [5.74, 6) is 1.78. The van der Waals surface area contributed by atoms with Gasteiger partial charge >= 0.3 is 0 Å². The Morgan fingerprint density at radius 2 is 0.875 bits per heavy atom. The molecular weight excluding hydrogens is 486 g/mol. The van der Waals surface area contributed by atoms with E-state index in [0.717, 1.165) is 50.2 Å². The maximum atomic E-state index is 6.84. The predicted molar refractivity (Wildman–Crippen MR) is 167 cm³/mol. The van der Waals surface area contributed by atoms with Crippen molar-refractivity contribution in [2.24, 2.45) is 0 Å². The standard InChI is InChI=1S/C38H25NO/c1-3-14-26(15-4-1)36-32(38-31-21-8-7-20-30(31)37(40-38)27-16-5-2-6-17-27)22-13-25-35(36)39-33-23-11-9-18-28(33)29-19-10-12-24-34(29)39/h1-25H. The van der Waals surface area contributed by atoms with Gasteiger partial charge in [0.1, 0.15) is 11.5 Å². The fourth-order valence-electron chi connectivity index (χ4n) is 6.10. The van der Waals surface area contributed by atoms with Gasteiger partial charge in [0.25, 0.3) is 0 Å². The Bertz CT molecular complexity index is 2100. The van der Waals surface area contributed by atoms with E-state index >= 15 is 0 Å². The van der Waals surface area contributed by atoms with Crippen LogP contribution in [0.25, 0.3) is 72.0 Å². The number of furan rings is 1. The van der Waals surface area contributed by atoms with Crippen LogP contribution in [0.1, 0.15) is 0 Å². The Kier molecular flexibility index (Phi) is 5.17. The van der Waals surface area contributed by atoms with Crippen molar-refractivity contribution < 1.29 is 4.42 Å². The molecule has 40 heavy (non-hydrogen) atoms. The summed E-state index contributed by atoms with van der Waals surface area (Å²) in [6, 6.07) is 53.5. The van der Waals surface area contributed by atoms with E-state index in [1.54, 1.807) is 0 Å². The molecule has 0 N–H and O–H groups in total. The zero-order valence-corrected chi connectivity index (χ0v) is 21.8. The molecule has 0 spiro atoms. The number of nitrogens with zero attached hydrogens (tertiary/aromatic N) is 1. The lowest BCUT2D eigenvalue weighted by atomic mass is 9.94. The molecule has 0 amide bonds. The average Bonchev–Trinajstić information content (AvgIpc) is 3.58. The normalized spacial score (nSPS) is 11.5. The topological polar surface area (TPSA) is 18.1 Å². The van der Waals surface area contributed by atoms with Crippen LogP contribution >= 0.6 is 0 Å². The summed E-state index contributed by atoms with van der Waals surface area (Å²) in [5.41, 5.74) is 7.95.